The van der Waals surface area contributed by atoms with Gasteiger partial charge in [0, 0.05) is 12.6 Å². The van der Waals surface area contributed by atoms with Gasteiger partial charge in [-0.1, -0.05) is 19.4 Å². The van der Waals surface area contributed by atoms with Gasteiger partial charge in [-0.15, -0.1) is 0 Å². The molecule has 19 heavy (non-hydrogen) atoms. The van der Waals surface area contributed by atoms with Gasteiger partial charge in [-0.2, -0.15) is 0 Å². The molecule has 5 heteroatoms. The second kappa shape index (κ2) is 7.31. The molecule has 1 aromatic rings. The molecule has 4 nitrogen and oxygen atoms in total. The Balaban J connectivity index is 2.84. The molecule has 0 aliphatic carbocycles. The van der Waals surface area contributed by atoms with Crippen LogP contribution in [0.4, 0.5) is 4.39 Å². The number of carbonyl (C=O) groups excluding carboxylic acids is 1. The van der Waals surface area contributed by atoms with Crippen LogP contribution >= 0.6 is 0 Å². The van der Waals surface area contributed by atoms with Crippen LogP contribution in [0, 0.1) is 5.82 Å². The van der Waals surface area contributed by atoms with Gasteiger partial charge in [0.25, 0.3) is 5.91 Å². The Labute approximate surface area is 110 Å². The van der Waals surface area contributed by atoms with Gasteiger partial charge in [-0.05, 0) is 30.2 Å². The molecule has 0 aromatic heterocycles. The zero-order valence-corrected chi connectivity index (χ0v) is 10.6. The molecule has 0 saturated heterocycles. The fourth-order valence-electron chi connectivity index (χ4n) is 1.46. The molecule has 102 valence electrons. The minimum Gasteiger partial charge on any atom is -0.478 e. The van der Waals surface area contributed by atoms with Crippen LogP contribution in [0.25, 0.3) is 6.08 Å². The zero-order chi connectivity index (χ0) is 14.3. The van der Waals surface area contributed by atoms with Crippen molar-refractivity contribution in [2.45, 2.75) is 19.8 Å². The van der Waals surface area contributed by atoms with E-state index in [9.17, 15) is 14.0 Å². The maximum Gasteiger partial charge on any atom is 0.328 e. The maximum absolute atomic E-state index is 13.5. The maximum atomic E-state index is 13.5. The lowest BCUT2D eigenvalue weighted by Gasteiger charge is -2.06. The van der Waals surface area contributed by atoms with E-state index in [-0.39, 0.29) is 5.56 Å². The number of unbranched alkanes of at least 4 members (excludes halogenated alkanes) is 1. The normalized spacial score (nSPS) is 10.6. The SMILES string of the molecule is CCCCNC(=O)c1cc(C=CC(=O)O)ccc1F. The van der Waals surface area contributed by atoms with E-state index < -0.39 is 17.7 Å². The summed E-state index contributed by atoms with van der Waals surface area (Å²) in [6.45, 7) is 2.48. The molecule has 2 N–H and O–H groups in total. The fraction of sp³-hybridized carbons (Fsp3) is 0.286. The predicted molar refractivity (Wildman–Crippen MR) is 70.3 cm³/mol. The average Bonchev–Trinajstić information content (AvgIpc) is 2.37. The van der Waals surface area contributed by atoms with Crippen molar-refractivity contribution in [2.24, 2.45) is 0 Å². The highest BCUT2D eigenvalue weighted by Gasteiger charge is 2.11. The first-order chi connectivity index (χ1) is 9.04. The van der Waals surface area contributed by atoms with Gasteiger partial charge in [-0.3, -0.25) is 4.79 Å². The van der Waals surface area contributed by atoms with E-state index in [4.69, 9.17) is 5.11 Å². The van der Waals surface area contributed by atoms with E-state index in [1.54, 1.807) is 0 Å². The van der Waals surface area contributed by atoms with Crippen molar-refractivity contribution in [2.75, 3.05) is 6.54 Å². The van der Waals surface area contributed by atoms with E-state index in [1.807, 2.05) is 6.92 Å². The summed E-state index contributed by atoms with van der Waals surface area (Å²) in [5, 5.41) is 11.1. The van der Waals surface area contributed by atoms with Crippen LogP contribution in [0.2, 0.25) is 0 Å². The third-order valence-electron chi connectivity index (χ3n) is 2.47. The van der Waals surface area contributed by atoms with E-state index in [1.165, 1.54) is 18.2 Å². The topological polar surface area (TPSA) is 66.4 Å². The summed E-state index contributed by atoms with van der Waals surface area (Å²) in [4.78, 5) is 22.1. The number of halogens is 1. The molecule has 0 unspecified atom stereocenters. The third-order valence-corrected chi connectivity index (χ3v) is 2.47. The molecular weight excluding hydrogens is 249 g/mol. The van der Waals surface area contributed by atoms with E-state index in [2.05, 4.69) is 5.32 Å². The van der Waals surface area contributed by atoms with Crippen molar-refractivity contribution in [1.29, 1.82) is 0 Å². The standard InChI is InChI=1S/C14H16FNO3/c1-2-3-8-16-14(19)11-9-10(4-6-12(11)15)5-7-13(17)18/h4-7,9H,2-3,8H2,1H3,(H,16,19)(H,17,18). The van der Waals surface area contributed by atoms with Gasteiger partial charge in [0.05, 0.1) is 5.56 Å². The number of nitrogens with one attached hydrogen (secondary N) is 1. The first-order valence-electron chi connectivity index (χ1n) is 6.03. The molecule has 0 fully saturated rings. The second-order valence-corrected chi connectivity index (χ2v) is 4.02. The average molecular weight is 265 g/mol. The molecule has 0 heterocycles. The molecule has 1 aromatic carbocycles. The molecular formula is C14H16FNO3. The number of aliphatic carboxylic acids is 1. The summed E-state index contributed by atoms with van der Waals surface area (Å²) in [5.41, 5.74) is 0.382. The number of hydrogen-bond acceptors (Lipinski definition) is 2. The number of carbonyl (C=O) groups is 2. The lowest BCUT2D eigenvalue weighted by Crippen LogP contribution is -2.25. The van der Waals surface area contributed by atoms with Crippen LogP contribution in [-0.4, -0.2) is 23.5 Å². The molecule has 0 aliphatic heterocycles. The minimum atomic E-state index is -1.10. The minimum absolute atomic E-state index is 0.0800. The van der Waals surface area contributed by atoms with Crippen molar-refractivity contribution in [1.82, 2.24) is 5.32 Å². The Bertz CT molecular complexity index is 497. The van der Waals surface area contributed by atoms with Crippen molar-refractivity contribution >= 4 is 18.0 Å². The predicted octanol–water partition coefficient (Wildman–Crippen LogP) is 2.45. The highest BCUT2D eigenvalue weighted by molar-refractivity contribution is 5.95. The summed E-state index contributed by atoms with van der Waals surface area (Å²) < 4.78 is 13.5. The summed E-state index contributed by atoms with van der Waals surface area (Å²) in [6, 6.07) is 3.89. The molecule has 0 bridgehead atoms. The Morgan fingerprint density at radius 2 is 2.16 bits per heavy atom. The van der Waals surface area contributed by atoms with Crippen LogP contribution in [-0.2, 0) is 4.79 Å². The highest BCUT2D eigenvalue weighted by Crippen LogP contribution is 2.12. The number of carboxylic acids is 1. The lowest BCUT2D eigenvalue weighted by molar-refractivity contribution is -0.131. The molecule has 1 rings (SSSR count). The molecule has 0 saturated carbocycles. The Hall–Kier alpha value is -2.17. The molecule has 0 aliphatic rings. The van der Waals surface area contributed by atoms with Gasteiger partial charge >= 0.3 is 5.97 Å². The Kier molecular flexibility index (Phi) is 5.73. The van der Waals surface area contributed by atoms with Crippen LogP contribution < -0.4 is 5.32 Å². The molecule has 0 radical (unpaired) electrons. The van der Waals surface area contributed by atoms with Crippen LogP contribution in [0.3, 0.4) is 0 Å². The van der Waals surface area contributed by atoms with Crippen molar-refractivity contribution in [3.8, 4) is 0 Å². The fourth-order valence-corrected chi connectivity index (χ4v) is 1.46. The highest BCUT2D eigenvalue weighted by atomic mass is 19.1. The quantitative estimate of drug-likeness (QED) is 0.613. The van der Waals surface area contributed by atoms with Crippen molar-refractivity contribution < 1.29 is 19.1 Å². The van der Waals surface area contributed by atoms with Crippen LogP contribution in [0.5, 0.6) is 0 Å². The molecule has 0 spiro atoms. The number of rotatable bonds is 6. The first-order valence-corrected chi connectivity index (χ1v) is 6.03. The van der Waals surface area contributed by atoms with Crippen molar-refractivity contribution in [3.63, 3.8) is 0 Å². The van der Waals surface area contributed by atoms with E-state index >= 15 is 0 Å². The van der Waals surface area contributed by atoms with Crippen LogP contribution in [0.15, 0.2) is 24.3 Å². The van der Waals surface area contributed by atoms with Crippen LogP contribution in [0.1, 0.15) is 35.7 Å². The van der Waals surface area contributed by atoms with Gasteiger partial charge in [0.15, 0.2) is 0 Å². The Morgan fingerprint density at radius 3 is 2.79 bits per heavy atom. The van der Waals surface area contributed by atoms with E-state index in [0.717, 1.165) is 25.0 Å². The number of carboxylic acid groups (broad SMARTS) is 1. The lowest BCUT2D eigenvalue weighted by atomic mass is 10.1. The summed E-state index contributed by atoms with van der Waals surface area (Å²) in [5.74, 6) is -2.21. The third kappa shape index (κ3) is 4.91. The van der Waals surface area contributed by atoms with Gasteiger partial charge in [0.1, 0.15) is 5.82 Å². The van der Waals surface area contributed by atoms with Gasteiger partial charge in [0.2, 0.25) is 0 Å². The van der Waals surface area contributed by atoms with Crippen molar-refractivity contribution in [3.05, 3.63) is 41.2 Å². The number of benzene rings is 1. The monoisotopic (exact) mass is 265 g/mol. The Morgan fingerprint density at radius 1 is 1.42 bits per heavy atom. The van der Waals surface area contributed by atoms with Gasteiger partial charge in [-0.25, -0.2) is 9.18 Å². The second-order valence-electron chi connectivity index (χ2n) is 4.02. The zero-order valence-electron chi connectivity index (χ0n) is 10.6. The smallest absolute Gasteiger partial charge is 0.328 e. The summed E-state index contributed by atoms with van der Waals surface area (Å²) in [6.07, 6.45) is 4.01. The first kappa shape index (κ1) is 14.9. The van der Waals surface area contributed by atoms with E-state index in [0.29, 0.717) is 12.1 Å². The number of hydrogen-bond donors (Lipinski definition) is 2. The van der Waals surface area contributed by atoms with Gasteiger partial charge < -0.3 is 10.4 Å². The number of amides is 1. The molecule has 1 amide bonds. The largest absolute Gasteiger partial charge is 0.478 e. The summed E-state index contributed by atoms with van der Waals surface area (Å²) >= 11 is 0. The molecule has 0 atom stereocenters. The summed E-state index contributed by atoms with van der Waals surface area (Å²) in [7, 11) is 0.